The summed E-state index contributed by atoms with van der Waals surface area (Å²) in [6, 6.07) is -0.246. The zero-order chi connectivity index (χ0) is 12.0. The zero-order valence-electron chi connectivity index (χ0n) is 10.4. The molecule has 16 heavy (non-hydrogen) atoms. The van der Waals surface area contributed by atoms with Crippen molar-refractivity contribution < 1.29 is 54.0 Å². The summed E-state index contributed by atoms with van der Waals surface area (Å²) in [5, 5.41) is 12.5. The van der Waals surface area contributed by atoms with Gasteiger partial charge in [0.2, 0.25) is 5.91 Å². The summed E-state index contributed by atoms with van der Waals surface area (Å²) >= 11 is 4.81. The molecule has 1 amide bonds. The number of carbonyl (C=O) groups is 1. The second-order valence-electron chi connectivity index (χ2n) is 4.19. The van der Waals surface area contributed by atoms with E-state index in [-0.39, 0.29) is 61.9 Å². The number of rotatable bonds is 6. The standard InChI is InChI=1S/C10H22N2O2S.Ac/c1-7(6-15)10(14)11-8(2)9(13)5-12(3)4;/h7-9,13,15H,5-6H2,1-4H3,(H,11,14);/p-1. The molecule has 2 N–H and O–H groups in total. The maximum absolute atomic E-state index is 11.5. The van der Waals surface area contributed by atoms with E-state index in [4.69, 9.17) is 12.6 Å². The van der Waals surface area contributed by atoms with Crippen molar-refractivity contribution in [1.82, 2.24) is 10.2 Å². The Morgan fingerprint density at radius 1 is 1.44 bits per heavy atom. The van der Waals surface area contributed by atoms with Crippen LogP contribution >= 0.6 is 0 Å². The first kappa shape index (κ1) is 19.5. The van der Waals surface area contributed by atoms with Crippen LogP contribution in [-0.4, -0.2) is 54.5 Å². The van der Waals surface area contributed by atoms with Gasteiger partial charge in [0.15, 0.2) is 0 Å². The summed E-state index contributed by atoms with van der Waals surface area (Å²) in [6.07, 6.45) is -0.554. The van der Waals surface area contributed by atoms with Crippen LogP contribution in [0.15, 0.2) is 0 Å². The number of nitrogens with one attached hydrogen (secondary N) is 1. The number of amides is 1. The van der Waals surface area contributed by atoms with Gasteiger partial charge in [-0.05, 0) is 21.0 Å². The van der Waals surface area contributed by atoms with Gasteiger partial charge in [-0.2, -0.15) is 5.75 Å². The number of aliphatic hydroxyl groups is 1. The number of hydrogen-bond acceptors (Lipinski definition) is 4. The summed E-state index contributed by atoms with van der Waals surface area (Å²) in [6.45, 7) is 4.11. The molecule has 0 aromatic heterocycles. The van der Waals surface area contributed by atoms with E-state index < -0.39 is 6.10 Å². The minimum atomic E-state index is -0.554. The molecule has 6 heteroatoms. The van der Waals surface area contributed by atoms with Crippen LogP contribution in [0.3, 0.4) is 0 Å². The van der Waals surface area contributed by atoms with Gasteiger partial charge in [0.25, 0.3) is 0 Å². The molecule has 0 aromatic rings. The number of carbonyl (C=O) groups excluding carboxylic acids is 1. The number of likely N-dealkylation sites (N-methyl/N-ethyl adjacent to an activating group) is 1. The van der Waals surface area contributed by atoms with Gasteiger partial charge >= 0.3 is 0 Å². The van der Waals surface area contributed by atoms with Gasteiger partial charge in [0.1, 0.15) is 0 Å². The van der Waals surface area contributed by atoms with Gasteiger partial charge in [-0.3, -0.25) is 4.79 Å². The van der Waals surface area contributed by atoms with Gasteiger partial charge in [-0.1, -0.05) is 6.92 Å². The van der Waals surface area contributed by atoms with Gasteiger partial charge in [0.05, 0.1) is 12.1 Å². The van der Waals surface area contributed by atoms with Crippen LogP contribution in [0.1, 0.15) is 13.8 Å². The van der Waals surface area contributed by atoms with E-state index in [9.17, 15) is 9.90 Å². The molecular weight excluding hydrogens is 439 g/mol. The molecule has 0 aliphatic rings. The fourth-order valence-electron chi connectivity index (χ4n) is 1.07. The summed E-state index contributed by atoms with van der Waals surface area (Å²) in [4.78, 5) is 13.4. The van der Waals surface area contributed by atoms with Crippen LogP contribution in [0.4, 0.5) is 0 Å². The van der Waals surface area contributed by atoms with Crippen LogP contribution in [0.5, 0.6) is 0 Å². The molecule has 0 saturated carbocycles. The van der Waals surface area contributed by atoms with Crippen LogP contribution in [-0.2, 0) is 17.4 Å². The average Bonchev–Trinajstić information content (AvgIpc) is 2.15. The maximum Gasteiger partial charge on any atom is 0.221 e. The molecule has 0 rings (SSSR count). The van der Waals surface area contributed by atoms with E-state index in [2.05, 4.69) is 5.32 Å². The molecule has 0 spiro atoms. The van der Waals surface area contributed by atoms with Crippen molar-refractivity contribution in [2.45, 2.75) is 26.0 Å². The third-order valence-electron chi connectivity index (χ3n) is 2.20. The summed E-state index contributed by atoms with van der Waals surface area (Å²) in [5.74, 6) is 0.145. The van der Waals surface area contributed by atoms with E-state index >= 15 is 0 Å². The molecule has 0 aliphatic carbocycles. The van der Waals surface area contributed by atoms with Crippen molar-refractivity contribution in [2.75, 3.05) is 26.4 Å². The normalized spacial score (nSPS) is 16.2. The molecule has 1 radical (unpaired) electrons. The quantitative estimate of drug-likeness (QED) is 0.530. The molecule has 0 bridgehead atoms. The minimum absolute atomic E-state index is 0. The predicted octanol–water partition coefficient (Wildman–Crippen LogP) is -0.403. The third kappa shape index (κ3) is 8.30. The van der Waals surface area contributed by atoms with Crippen LogP contribution < -0.4 is 5.32 Å². The fourth-order valence-corrected chi connectivity index (χ4v) is 1.22. The molecule has 0 fully saturated rings. The second-order valence-corrected chi connectivity index (χ2v) is 4.53. The smallest absolute Gasteiger partial charge is 0.221 e. The van der Waals surface area contributed by atoms with E-state index in [0.29, 0.717) is 12.3 Å². The Kier molecular flexibility index (Phi) is 12.4. The molecule has 0 aromatic carbocycles. The molecule has 0 aliphatic heterocycles. The van der Waals surface area contributed by atoms with Crippen molar-refractivity contribution >= 4 is 18.5 Å². The Bertz CT molecular complexity index is 205. The largest absolute Gasteiger partial charge is 0.792 e. The van der Waals surface area contributed by atoms with Gasteiger partial charge in [-0.15, -0.1) is 0 Å². The second kappa shape index (κ2) is 10.1. The molecule has 4 nitrogen and oxygen atoms in total. The molecular formula is C10H21AcN2O2S-. The Morgan fingerprint density at radius 2 is 1.94 bits per heavy atom. The van der Waals surface area contributed by atoms with Crippen molar-refractivity contribution in [3.8, 4) is 0 Å². The first-order chi connectivity index (χ1) is 6.88. The van der Waals surface area contributed by atoms with Crippen LogP contribution in [0.25, 0.3) is 0 Å². The first-order valence-corrected chi connectivity index (χ1v) is 5.67. The Labute approximate surface area is 140 Å². The third-order valence-corrected chi connectivity index (χ3v) is 2.70. The van der Waals surface area contributed by atoms with Gasteiger partial charge in [-0.25, -0.2) is 0 Å². The zero-order valence-corrected chi connectivity index (χ0v) is 16.0. The number of aliphatic hydroxyl groups excluding tert-OH is 1. The van der Waals surface area contributed by atoms with Gasteiger partial charge in [0, 0.05) is 56.5 Å². The van der Waals surface area contributed by atoms with Crippen LogP contribution in [0.2, 0.25) is 0 Å². The van der Waals surface area contributed by atoms with Crippen LogP contribution in [0, 0.1) is 50.0 Å². The molecule has 3 atom stereocenters. The van der Waals surface area contributed by atoms with E-state index in [1.165, 1.54) is 0 Å². The van der Waals surface area contributed by atoms with Crippen molar-refractivity contribution in [2.24, 2.45) is 5.92 Å². The minimum Gasteiger partial charge on any atom is -0.792 e. The SMILES string of the molecule is CC(C[S-])C(=O)NC(C)C(O)CN(C)C.[Ac]. The molecule has 93 valence electrons. The maximum atomic E-state index is 11.5. The van der Waals surface area contributed by atoms with Crippen molar-refractivity contribution in [1.29, 1.82) is 0 Å². The molecule has 0 saturated heterocycles. The van der Waals surface area contributed by atoms with E-state index in [1.54, 1.807) is 13.8 Å². The topological polar surface area (TPSA) is 52.6 Å². The predicted molar refractivity (Wildman–Crippen MR) is 63.6 cm³/mol. The average molecular weight is 460 g/mol. The fraction of sp³-hybridized carbons (Fsp3) is 0.900. The van der Waals surface area contributed by atoms with Gasteiger partial charge < -0.3 is 28.0 Å². The Balaban J connectivity index is 0. The number of hydrogen-bond donors (Lipinski definition) is 2. The van der Waals surface area contributed by atoms with E-state index in [1.807, 2.05) is 19.0 Å². The Morgan fingerprint density at radius 3 is 2.31 bits per heavy atom. The molecule has 0 heterocycles. The van der Waals surface area contributed by atoms with Crippen molar-refractivity contribution in [3.63, 3.8) is 0 Å². The summed E-state index contributed by atoms with van der Waals surface area (Å²) < 4.78 is 0. The first-order valence-electron chi connectivity index (χ1n) is 5.09. The Hall–Kier alpha value is 1.18. The summed E-state index contributed by atoms with van der Waals surface area (Å²) in [5.41, 5.74) is 0. The number of nitrogens with zero attached hydrogens (tertiary/aromatic N) is 1. The summed E-state index contributed by atoms with van der Waals surface area (Å²) in [7, 11) is 3.76. The molecule has 3 unspecified atom stereocenters. The van der Waals surface area contributed by atoms with E-state index in [0.717, 1.165) is 0 Å². The monoisotopic (exact) mass is 460 g/mol. The van der Waals surface area contributed by atoms with Crippen molar-refractivity contribution in [3.05, 3.63) is 0 Å².